The molecule has 0 unspecified atom stereocenters. The summed E-state index contributed by atoms with van der Waals surface area (Å²) in [7, 11) is 0. The van der Waals surface area contributed by atoms with Gasteiger partial charge in [0.15, 0.2) is 10.3 Å². The SMILES string of the molecule is CC(C)OCCCn1c(SCC(=O)Nc2nccs2)nc2ccccc2c1=O. The van der Waals surface area contributed by atoms with Crippen LogP contribution in [-0.4, -0.2) is 38.9 Å². The van der Waals surface area contributed by atoms with E-state index in [0.717, 1.165) is 0 Å². The van der Waals surface area contributed by atoms with Crippen molar-refractivity contribution in [1.29, 1.82) is 0 Å². The zero-order chi connectivity index (χ0) is 19.9. The Bertz CT molecular complexity index is 987. The Labute approximate surface area is 171 Å². The summed E-state index contributed by atoms with van der Waals surface area (Å²) < 4.78 is 7.21. The molecule has 0 atom stereocenters. The molecule has 148 valence electrons. The first-order valence-electron chi connectivity index (χ1n) is 8.98. The van der Waals surface area contributed by atoms with Gasteiger partial charge in [-0.1, -0.05) is 23.9 Å². The van der Waals surface area contributed by atoms with Gasteiger partial charge in [-0.2, -0.15) is 0 Å². The van der Waals surface area contributed by atoms with Crippen LogP contribution in [0.25, 0.3) is 10.9 Å². The van der Waals surface area contributed by atoms with E-state index < -0.39 is 0 Å². The number of fused-ring (bicyclic) bond motifs is 1. The summed E-state index contributed by atoms with van der Waals surface area (Å²) >= 11 is 2.61. The lowest BCUT2D eigenvalue weighted by Gasteiger charge is -2.13. The summed E-state index contributed by atoms with van der Waals surface area (Å²) in [5.74, 6) is -0.0376. The highest BCUT2D eigenvalue weighted by atomic mass is 32.2. The number of para-hydroxylation sites is 1. The molecule has 2 aromatic heterocycles. The van der Waals surface area contributed by atoms with E-state index in [-0.39, 0.29) is 23.3 Å². The molecular formula is C19H22N4O3S2. The van der Waals surface area contributed by atoms with E-state index in [1.54, 1.807) is 22.2 Å². The number of nitrogens with one attached hydrogen (secondary N) is 1. The van der Waals surface area contributed by atoms with Gasteiger partial charge in [-0.15, -0.1) is 11.3 Å². The van der Waals surface area contributed by atoms with E-state index >= 15 is 0 Å². The van der Waals surface area contributed by atoms with Crippen molar-refractivity contribution < 1.29 is 9.53 Å². The van der Waals surface area contributed by atoms with Crippen LogP contribution in [0.3, 0.4) is 0 Å². The molecule has 1 aromatic carbocycles. The Morgan fingerprint density at radius 2 is 2.18 bits per heavy atom. The molecule has 7 nitrogen and oxygen atoms in total. The van der Waals surface area contributed by atoms with Gasteiger partial charge < -0.3 is 10.1 Å². The molecule has 0 fully saturated rings. The minimum Gasteiger partial charge on any atom is -0.379 e. The number of thioether (sulfide) groups is 1. The summed E-state index contributed by atoms with van der Waals surface area (Å²) in [6.07, 6.45) is 2.47. The summed E-state index contributed by atoms with van der Waals surface area (Å²) in [6, 6.07) is 7.25. The highest BCUT2D eigenvalue weighted by Crippen LogP contribution is 2.19. The van der Waals surface area contributed by atoms with E-state index in [4.69, 9.17) is 4.74 Å². The second kappa shape index (κ2) is 9.81. The first-order chi connectivity index (χ1) is 13.5. The number of hydrogen-bond donors (Lipinski definition) is 1. The quantitative estimate of drug-likeness (QED) is 0.326. The number of carbonyl (C=O) groups is 1. The van der Waals surface area contributed by atoms with Crippen LogP contribution in [0.2, 0.25) is 0 Å². The highest BCUT2D eigenvalue weighted by Gasteiger charge is 2.14. The summed E-state index contributed by atoms with van der Waals surface area (Å²) in [5, 5.41) is 6.20. The number of ether oxygens (including phenoxy) is 1. The topological polar surface area (TPSA) is 86.1 Å². The van der Waals surface area contributed by atoms with Gasteiger partial charge in [0.1, 0.15) is 0 Å². The van der Waals surface area contributed by atoms with Gasteiger partial charge in [-0.3, -0.25) is 14.2 Å². The molecule has 0 saturated carbocycles. The van der Waals surface area contributed by atoms with Crippen molar-refractivity contribution in [3.63, 3.8) is 0 Å². The molecule has 0 bridgehead atoms. The normalized spacial score (nSPS) is 11.2. The molecule has 1 N–H and O–H groups in total. The standard InChI is InChI=1S/C19H22N4O3S2/c1-13(2)26-10-5-9-23-17(25)14-6-3-4-7-15(14)21-19(23)28-12-16(24)22-18-20-8-11-27-18/h3-4,6-8,11,13H,5,9-10,12H2,1-2H3,(H,20,22,24). The van der Waals surface area contributed by atoms with Gasteiger partial charge in [-0.25, -0.2) is 9.97 Å². The van der Waals surface area contributed by atoms with Crippen LogP contribution in [0.5, 0.6) is 0 Å². The fourth-order valence-electron chi connectivity index (χ4n) is 2.57. The van der Waals surface area contributed by atoms with Crippen LogP contribution >= 0.6 is 23.1 Å². The van der Waals surface area contributed by atoms with Gasteiger partial charge in [-0.05, 0) is 32.4 Å². The molecule has 28 heavy (non-hydrogen) atoms. The fraction of sp³-hybridized carbons (Fsp3) is 0.368. The number of hydrogen-bond acceptors (Lipinski definition) is 7. The lowest BCUT2D eigenvalue weighted by molar-refractivity contribution is -0.113. The predicted molar refractivity (Wildman–Crippen MR) is 113 cm³/mol. The number of carbonyl (C=O) groups excluding carboxylic acids is 1. The molecule has 0 spiro atoms. The predicted octanol–water partition coefficient (Wildman–Crippen LogP) is 3.40. The Kier molecular flexibility index (Phi) is 7.18. The fourth-order valence-corrected chi connectivity index (χ4v) is 3.94. The number of thiazole rings is 1. The number of aromatic nitrogens is 3. The average Bonchev–Trinajstić information content (AvgIpc) is 3.18. The summed E-state index contributed by atoms with van der Waals surface area (Å²) in [4.78, 5) is 33.8. The van der Waals surface area contributed by atoms with Crippen molar-refractivity contribution in [2.45, 2.75) is 38.1 Å². The smallest absolute Gasteiger partial charge is 0.262 e. The minimum atomic E-state index is -0.183. The maximum Gasteiger partial charge on any atom is 0.262 e. The van der Waals surface area contributed by atoms with Gasteiger partial charge >= 0.3 is 0 Å². The van der Waals surface area contributed by atoms with Crippen molar-refractivity contribution in [2.24, 2.45) is 0 Å². The van der Waals surface area contributed by atoms with Crippen LogP contribution in [-0.2, 0) is 16.1 Å². The van der Waals surface area contributed by atoms with Gasteiger partial charge in [0.25, 0.3) is 5.56 Å². The number of benzene rings is 1. The van der Waals surface area contributed by atoms with E-state index in [0.29, 0.717) is 40.8 Å². The van der Waals surface area contributed by atoms with E-state index in [1.807, 2.05) is 32.0 Å². The molecule has 0 saturated heterocycles. The number of anilines is 1. The first kappa shape index (κ1) is 20.5. The van der Waals surface area contributed by atoms with Crippen molar-refractivity contribution in [2.75, 3.05) is 17.7 Å². The molecule has 0 radical (unpaired) electrons. The van der Waals surface area contributed by atoms with Crippen molar-refractivity contribution in [3.05, 3.63) is 46.2 Å². The molecule has 2 heterocycles. The number of amides is 1. The van der Waals surface area contributed by atoms with E-state index in [2.05, 4.69) is 15.3 Å². The van der Waals surface area contributed by atoms with Gasteiger partial charge in [0.05, 0.1) is 22.8 Å². The lowest BCUT2D eigenvalue weighted by atomic mass is 10.2. The lowest BCUT2D eigenvalue weighted by Crippen LogP contribution is -2.25. The average molecular weight is 419 g/mol. The molecule has 0 aliphatic rings. The Hall–Kier alpha value is -2.23. The second-order valence-electron chi connectivity index (χ2n) is 6.32. The molecule has 3 aromatic rings. The molecule has 3 rings (SSSR count). The van der Waals surface area contributed by atoms with Crippen LogP contribution in [0.15, 0.2) is 45.8 Å². The van der Waals surface area contributed by atoms with Gasteiger partial charge in [0.2, 0.25) is 5.91 Å². The van der Waals surface area contributed by atoms with E-state index in [9.17, 15) is 9.59 Å². The van der Waals surface area contributed by atoms with Crippen molar-refractivity contribution >= 4 is 45.0 Å². The highest BCUT2D eigenvalue weighted by molar-refractivity contribution is 7.99. The molecular weight excluding hydrogens is 396 g/mol. The Balaban J connectivity index is 1.77. The molecule has 1 amide bonds. The third kappa shape index (κ3) is 5.40. The third-order valence-corrected chi connectivity index (χ3v) is 5.48. The van der Waals surface area contributed by atoms with Gasteiger partial charge in [0, 0.05) is 24.7 Å². The monoisotopic (exact) mass is 418 g/mol. The third-order valence-electron chi connectivity index (χ3n) is 3.81. The summed E-state index contributed by atoms with van der Waals surface area (Å²) in [6.45, 7) is 5.00. The van der Waals surface area contributed by atoms with Crippen molar-refractivity contribution in [3.8, 4) is 0 Å². The Morgan fingerprint density at radius 3 is 2.93 bits per heavy atom. The number of nitrogens with zero attached hydrogens (tertiary/aromatic N) is 3. The van der Waals surface area contributed by atoms with Crippen LogP contribution in [0.1, 0.15) is 20.3 Å². The molecule has 0 aliphatic heterocycles. The first-order valence-corrected chi connectivity index (χ1v) is 10.8. The largest absolute Gasteiger partial charge is 0.379 e. The molecule has 9 heteroatoms. The van der Waals surface area contributed by atoms with Crippen LogP contribution in [0.4, 0.5) is 5.13 Å². The zero-order valence-corrected chi connectivity index (χ0v) is 17.4. The maximum absolute atomic E-state index is 12.9. The number of rotatable bonds is 9. The Morgan fingerprint density at radius 1 is 1.36 bits per heavy atom. The van der Waals surface area contributed by atoms with Crippen molar-refractivity contribution in [1.82, 2.24) is 14.5 Å². The second-order valence-corrected chi connectivity index (χ2v) is 8.15. The minimum absolute atomic E-state index is 0.0991. The maximum atomic E-state index is 12.9. The van der Waals surface area contributed by atoms with Crippen LogP contribution < -0.4 is 10.9 Å². The van der Waals surface area contributed by atoms with E-state index in [1.165, 1.54) is 23.1 Å². The summed E-state index contributed by atoms with van der Waals surface area (Å²) in [5.41, 5.74) is 0.531. The molecule has 0 aliphatic carbocycles. The van der Waals surface area contributed by atoms with Crippen LogP contribution in [0, 0.1) is 0 Å². The zero-order valence-electron chi connectivity index (χ0n) is 15.8.